The van der Waals surface area contributed by atoms with Gasteiger partial charge in [0.15, 0.2) is 0 Å². The lowest BCUT2D eigenvalue weighted by molar-refractivity contribution is 0.102. The molecule has 106 valence electrons. The van der Waals surface area contributed by atoms with Crippen LogP contribution in [0.1, 0.15) is 17.3 Å². The first-order valence-electron chi connectivity index (χ1n) is 5.84. The SMILES string of the molecule is CCOc1n[nH]c(NC(=O)c2cc(SC)ccc2Cl)n1. The molecular formula is C12H13ClN4O2S. The molecule has 0 atom stereocenters. The number of carbonyl (C=O) groups is 1. The Bertz CT molecular complexity index is 617. The Hall–Kier alpha value is -1.73. The molecule has 2 N–H and O–H groups in total. The van der Waals surface area contributed by atoms with Crippen LogP contribution in [0.2, 0.25) is 5.02 Å². The zero-order valence-electron chi connectivity index (χ0n) is 10.9. The van der Waals surface area contributed by atoms with Crippen LogP contribution >= 0.6 is 23.4 Å². The van der Waals surface area contributed by atoms with E-state index >= 15 is 0 Å². The van der Waals surface area contributed by atoms with E-state index < -0.39 is 0 Å². The number of hydrogen-bond donors (Lipinski definition) is 2. The zero-order chi connectivity index (χ0) is 14.5. The van der Waals surface area contributed by atoms with Crippen LogP contribution < -0.4 is 10.1 Å². The van der Waals surface area contributed by atoms with Gasteiger partial charge in [-0.05, 0) is 31.4 Å². The second-order valence-corrected chi connectivity index (χ2v) is 4.99. The fraction of sp³-hybridized carbons (Fsp3) is 0.250. The zero-order valence-corrected chi connectivity index (χ0v) is 12.5. The lowest BCUT2D eigenvalue weighted by Gasteiger charge is -2.05. The number of ether oxygens (including phenoxy) is 1. The van der Waals surface area contributed by atoms with Crippen LogP contribution in [0.3, 0.4) is 0 Å². The maximum absolute atomic E-state index is 12.1. The van der Waals surface area contributed by atoms with E-state index in [1.165, 1.54) is 11.8 Å². The number of thioether (sulfide) groups is 1. The monoisotopic (exact) mass is 312 g/mol. The van der Waals surface area contributed by atoms with Crippen molar-refractivity contribution in [3.8, 4) is 6.01 Å². The summed E-state index contributed by atoms with van der Waals surface area (Å²) in [4.78, 5) is 17.1. The second-order valence-electron chi connectivity index (χ2n) is 3.70. The molecule has 0 aliphatic carbocycles. The third kappa shape index (κ3) is 3.43. The smallest absolute Gasteiger partial charge is 0.337 e. The molecule has 1 aromatic heterocycles. The molecule has 1 amide bonds. The van der Waals surface area contributed by atoms with Crippen LogP contribution in [0.5, 0.6) is 6.01 Å². The van der Waals surface area contributed by atoms with Crippen LogP contribution in [-0.2, 0) is 0 Å². The lowest BCUT2D eigenvalue weighted by Crippen LogP contribution is -2.13. The first kappa shape index (κ1) is 14.7. The highest BCUT2D eigenvalue weighted by atomic mass is 35.5. The van der Waals surface area contributed by atoms with E-state index in [0.29, 0.717) is 17.2 Å². The number of rotatable bonds is 5. The Morgan fingerprint density at radius 3 is 3.05 bits per heavy atom. The van der Waals surface area contributed by atoms with Crippen molar-refractivity contribution in [2.24, 2.45) is 0 Å². The molecule has 0 aliphatic rings. The highest BCUT2D eigenvalue weighted by Crippen LogP contribution is 2.23. The van der Waals surface area contributed by atoms with Crippen molar-refractivity contribution in [3.63, 3.8) is 0 Å². The fourth-order valence-electron chi connectivity index (χ4n) is 1.48. The summed E-state index contributed by atoms with van der Waals surface area (Å²) in [6.45, 7) is 2.27. The summed E-state index contributed by atoms with van der Waals surface area (Å²) in [5.74, 6) is -0.144. The molecule has 0 unspecified atom stereocenters. The fourth-order valence-corrected chi connectivity index (χ4v) is 2.12. The largest absolute Gasteiger partial charge is 0.463 e. The summed E-state index contributed by atoms with van der Waals surface area (Å²) >= 11 is 7.56. The first-order valence-corrected chi connectivity index (χ1v) is 7.44. The quantitative estimate of drug-likeness (QED) is 0.830. The number of benzene rings is 1. The lowest BCUT2D eigenvalue weighted by atomic mass is 10.2. The van der Waals surface area contributed by atoms with Crippen LogP contribution in [0.15, 0.2) is 23.1 Å². The molecule has 0 aliphatic heterocycles. The Labute approximate surface area is 125 Å². The molecule has 0 saturated heterocycles. The molecule has 2 rings (SSSR count). The summed E-state index contributed by atoms with van der Waals surface area (Å²) in [7, 11) is 0. The van der Waals surface area contributed by atoms with Gasteiger partial charge in [-0.3, -0.25) is 10.1 Å². The minimum atomic E-state index is -0.356. The van der Waals surface area contributed by atoms with Gasteiger partial charge in [0.2, 0.25) is 5.95 Å². The third-order valence-electron chi connectivity index (χ3n) is 2.39. The number of amides is 1. The minimum absolute atomic E-state index is 0.187. The molecule has 6 nitrogen and oxygen atoms in total. The Morgan fingerprint density at radius 1 is 1.55 bits per heavy atom. The summed E-state index contributed by atoms with van der Waals surface area (Å²) in [5.41, 5.74) is 0.382. The van der Waals surface area contributed by atoms with Gasteiger partial charge >= 0.3 is 6.01 Å². The van der Waals surface area contributed by atoms with Gasteiger partial charge in [0.05, 0.1) is 17.2 Å². The van der Waals surface area contributed by atoms with Crippen molar-refractivity contribution in [3.05, 3.63) is 28.8 Å². The van der Waals surface area contributed by atoms with Gasteiger partial charge in [0.25, 0.3) is 5.91 Å². The van der Waals surface area contributed by atoms with Crippen LogP contribution in [0.4, 0.5) is 5.95 Å². The standard InChI is InChI=1S/C12H13ClN4O2S/c1-3-19-12-15-11(16-17-12)14-10(18)8-6-7(20-2)4-5-9(8)13/h4-6H,3H2,1-2H3,(H2,14,15,16,17,18). The van der Waals surface area contributed by atoms with E-state index in [2.05, 4.69) is 20.5 Å². The number of aromatic nitrogens is 3. The summed E-state index contributed by atoms with van der Waals surface area (Å²) in [6, 6.07) is 5.45. The van der Waals surface area contributed by atoms with Crippen LogP contribution in [0.25, 0.3) is 0 Å². The second kappa shape index (κ2) is 6.62. The van der Waals surface area contributed by atoms with Gasteiger partial charge in [-0.2, -0.15) is 4.98 Å². The van der Waals surface area contributed by atoms with E-state index in [0.717, 1.165) is 4.90 Å². The maximum Gasteiger partial charge on any atom is 0.337 e. The van der Waals surface area contributed by atoms with Gasteiger partial charge in [0.1, 0.15) is 0 Å². The number of anilines is 1. The number of nitrogens with zero attached hydrogens (tertiary/aromatic N) is 2. The van der Waals surface area contributed by atoms with E-state index in [-0.39, 0.29) is 17.9 Å². The molecule has 2 aromatic rings. The van der Waals surface area contributed by atoms with Crippen molar-refractivity contribution in [2.75, 3.05) is 18.2 Å². The molecule has 20 heavy (non-hydrogen) atoms. The van der Waals surface area contributed by atoms with Crippen LogP contribution in [0, 0.1) is 0 Å². The summed E-state index contributed by atoms with van der Waals surface area (Å²) in [5, 5.41) is 9.34. The third-order valence-corrected chi connectivity index (χ3v) is 3.44. The number of carbonyl (C=O) groups excluding carboxylic acids is 1. The molecule has 1 heterocycles. The Kier molecular flexibility index (Phi) is 4.86. The highest BCUT2D eigenvalue weighted by molar-refractivity contribution is 7.98. The average molecular weight is 313 g/mol. The van der Waals surface area contributed by atoms with Gasteiger partial charge in [0, 0.05) is 4.90 Å². The number of hydrogen-bond acceptors (Lipinski definition) is 5. The number of H-pyrrole nitrogens is 1. The van der Waals surface area contributed by atoms with Gasteiger partial charge in [-0.15, -0.1) is 16.9 Å². The maximum atomic E-state index is 12.1. The van der Waals surface area contributed by atoms with Crippen molar-refractivity contribution in [1.82, 2.24) is 15.2 Å². The highest BCUT2D eigenvalue weighted by Gasteiger charge is 2.13. The predicted molar refractivity (Wildman–Crippen MR) is 78.7 cm³/mol. The number of aromatic amines is 1. The van der Waals surface area contributed by atoms with E-state index in [1.807, 2.05) is 19.2 Å². The van der Waals surface area contributed by atoms with E-state index in [1.54, 1.807) is 12.1 Å². The summed E-state index contributed by atoms with van der Waals surface area (Å²) in [6.07, 6.45) is 1.93. The molecule has 0 fully saturated rings. The molecule has 0 saturated carbocycles. The van der Waals surface area contributed by atoms with Gasteiger partial charge < -0.3 is 4.74 Å². The predicted octanol–water partition coefficient (Wildman–Crippen LogP) is 2.83. The molecule has 8 heteroatoms. The van der Waals surface area contributed by atoms with E-state index in [4.69, 9.17) is 16.3 Å². The van der Waals surface area contributed by atoms with Crippen molar-refractivity contribution < 1.29 is 9.53 Å². The molecule has 0 bridgehead atoms. The van der Waals surface area contributed by atoms with Gasteiger partial charge in [-0.25, -0.2) is 5.10 Å². The summed E-state index contributed by atoms with van der Waals surface area (Å²) < 4.78 is 5.10. The first-order chi connectivity index (χ1) is 9.63. The normalized spacial score (nSPS) is 10.3. The number of nitrogens with one attached hydrogen (secondary N) is 2. The van der Waals surface area contributed by atoms with E-state index in [9.17, 15) is 4.79 Å². The Balaban J connectivity index is 2.14. The van der Waals surface area contributed by atoms with Crippen LogP contribution in [-0.4, -0.2) is 34.0 Å². The van der Waals surface area contributed by atoms with Crippen molar-refractivity contribution in [2.45, 2.75) is 11.8 Å². The topological polar surface area (TPSA) is 79.9 Å². The Morgan fingerprint density at radius 2 is 2.35 bits per heavy atom. The van der Waals surface area contributed by atoms with Gasteiger partial charge in [-0.1, -0.05) is 11.6 Å². The molecular weight excluding hydrogens is 300 g/mol. The average Bonchev–Trinajstić information content (AvgIpc) is 2.87. The van der Waals surface area contributed by atoms with Crippen molar-refractivity contribution in [1.29, 1.82) is 0 Å². The molecule has 0 spiro atoms. The van der Waals surface area contributed by atoms with Crippen molar-refractivity contribution >= 4 is 35.2 Å². The molecule has 1 aromatic carbocycles. The molecule has 0 radical (unpaired) electrons. The minimum Gasteiger partial charge on any atom is -0.463 e. The number of halogens is 1.